The highest BCUT2D eigenvalue weighted by Crippen LogP contribution is 2.23. The molecule has 0 amide bonds. The number of hydrogen-bond acceptors (Lipinski definition) is 4. The molecule has 4 heteroatoms. The highest BCUT2D eigenvalue weighted by atomic mass is 16.5. The molecular formula is C19H22N2O2. The molecule has 23 heavy (non-hydrogen) atoms. The van der Waals surface area contributed by atoms with E-state index < -0.39 is 0 Å². The number of pyridine rings is 1. The summed E-state index contributed by atoms with van der Waals surface area (Å²) in [6, 6.07) is 8.19. The van der Waals surface area contributed by atoms with Crippen LogP contribution in [0.2, 0.25) is 0 Å². The van der Waals surface area contributed by atoms with Crippen LogP contribution in [0.25, 0.3) is 11.1 Å². The summed E-state index contributed by atoms with van der Waals surface area (Å²) >= 11 is 0. The van der Waals surface area contributed by atoms with Gasteiger partial charge in [0.2, 0.25) is 5.88 Å². The Kier molecular flexibility index (Phi) is 4.33. The van der Waals surface area contributed by atoms with Crippen LogP contribution in [-0.4, -0.2) is 17.1 Å². The van der Waals surface area contributed by atoms with E-state index in [-0.39, 0.29) is 0 Å². The number of aromatic nitrogens is 2. The van der Waals surface area contributed by atoms with Crippen LogP contribution in [0.5, 0.6) is 5.88 Å². The second-order valence-electron chi connectivity index (χ2n) is 5.78. The number of benzene rings is 1. The average Bonchev–Trinajstić information content (AvgIpc) is 2.98. The average molecular weight is 310 g/mol. The van der Waals surface area contributed by atoms with E-state index in [1.165, 1.54) is 5.56 Å². The summed E-state index contributed by atoms with van der Waals surface area (Å²) in [5.74, 6) is 1.46. The minimum absolute atomic E-state index is 0.701. The molecule has 2 aromatic heterocycles. The molecule has 0 saturated heterocycles. The second-order valence-corrected chi connectivity index (χ2v) is 5.78. The van der Waals surface area contributed by atoms with Crippen molar-refractivity contribution in [3.8, 4) is 5.88 Å². The van der Waals surface area contributed by atoms with E-state index in [9.17, 15) is 0 Å². The summed E-state index contributed by atoms with van der Waals surface area (Å²) in [6.07, 6.45) is 2.51. The van der Waals surface area contributed by atoms with Crippen molar-refractivity contribution in [2.45, 2.75) is 40.0 Å². The van der Waals surface area contributed by atoms with Crippen molar-refractivity contribution in [2.75, 3.05) is 7.11 Å². The summed E-state index contributed by atoms with van der Waals surface area (Å²) in [5.41, 5.74) is 6.34. The Morgan fingerprint density at radius 2 is 1.91 bits per heavy atom. The van der Waals surface area contributed by atoms with Crippen molar-refractivity contribution < 1.29 is 9.15 Å². The largest absolute Gasteiger partial charge is 0.481 e. The lowest BCUT2D eigenvalue weighted by Gasteiger charge is -2.11. The molecule has 3 rings (SSSR count). The maximum Gasteiger partial charge on any atom is 0.216 e. The number of fused-ring (bicyclic) bond motifs is 1. The molecule has 120 valence electrons. The van der Waals surface area contributed by atoms with Crippen molar-refractivity contribution in [1.29, 1.82) is 0 Å². The summed E-state index contributed by atoms with van der Waals surface area (Å²) in [5, 5.41) is 0. The zero-order valence-corrected chi connectivity index (χ0v) is 14.1. The Labute approximate surface area is 136 Å². The first-order valence-electron chi connectivity index (χ1n) is 8.00. The van der Waals surface area contributed by atoms with Crippen LogP contribution in [0.15, 0.2) is 28.7 Å². The van der Waals surface area contributed by atoms with Crippen molar-refractivity contribution in [3.63, 3.8) is 0 Å². The first-order chi connectivity index (χ1) is 11.1. The molecule has 0 saturated carbocycles. The molecule has 0 N–H and O–H groups in total. The van der Waals surface area contributed by atoms with Gasteiger partial charge in [-0.1, -0.05) is 19.1 Å². The van der Waals surface area contributed by atoms with Crippen LogP contribution in [0.3, 0.4) is 0 Å². The van der Waals surface area contributed by atoms with Gasteiger partial charge < -0.3 is 9.15 Å². The fraction of sp³-hybridized carbons (Fsp3) is 0.368. The van der Waals surface area contributed by atoms with E-state index in [2.05, 4.69) is 35.9 Å². The first kappa shape index (κ1) is 15.5. The molecule has 0 radical (unpaired) electrons. The van der Waals surface area contributed by atoms with Crippen LogP contribution in [0.1, 0.15) is 35.2 Å². The van der Waals surface area contributed by atoms with E-state index in [0.29, 0.717) is 5.88 Å². The summed E-state index contributed by atoms with van der Waals surface area (Å²) in [6.45, 7) is 6.22. The van der Waals surface area contributed by atoms with Gasteiger partial charge in [0.05, 0.1) is 7.11 Å². The quantitative estimate of drug-likeness (QED) is 0.709. The van der Waals surface area contributed by atoms with Gasteiger partial charge in [-0.3, -0.25) is 0 Å². The number of hydrogen-bond donors (Lipinski definition) is 0. The van der Waals surface area contributed by atoms with Gasteiger partial charge in [0.1, 0.15) is 5.52 Å². The maximum absolute atomic E-state index is 5.85. The Hall–Kier alpha value is -2.36. The molecule has 0 spiro atoms. The van der Waals surface area contributed by atoms with Gasteiger partial charge in [-0.2, -0.15) is 0 Å². The standard InChI is InChI=1S/C19H22N2O2/c1-5-14-11-15(19(22-4)20-13(14)3)9-10-17-21-18-12(2)7-6-8-16(18)23-17/h6-8,11H,5,9-10H2,1-4H3. The number of para-hydroxylation sites is 1. The summed E-state index contributed by atoms with van der Waals surface area (Å²) in [7, 11) is 1.67. The van der Waals surface area contributed by atoms with Gasteiger partial charge in [-0.05, 0) is 49.9 Å². The van der Waals surface area contributed by atoms with Crippen LogP contribution in [0.4, 0.5) is 0 Å². The molecule has 1 aromatic carbocycles. The number of aryl methyl sites for hydroxylation is 5. The third-order valence-corrected chi connectivity index (χ3v) is 4.20. The van der Waals surface area contributed by atoms with Crippen molar-refractivity contribution >= 4 is 11.1 Å². The molecular weight excluding hydrogens is 288 g/mol. The molecule has 0 atom stereocenters. The lowest BCUT2D eigenvalue weighted by Crippen LogP contribution is -2.02. The van der Waals surface area contributed by atoms with Crippen LogP contribution >= 0.6 is 0 Å². The van der Waals surface area contributed by atoms with Gasteiger partial charge in [-0.15, -0.1) is 0 Å². The third-order valence-electron chi connectivity index (χ3n) is 4.20. The molecule has 0 fully saturated rings. The molecule has 0 aliphatic carbocycles. The molecule has 0 unspecified atom stereocenters. The Bertz CT molecular complexity index is 837. The minimum atomic E-state index is 0.701. The van der Waals surface area contributed by atoms with Crippen LogP contribution < -0.4 is 4.74 Å². The predicted octanol–water partition coefficient (Wildman–Crippen LogP) is 4.20. The van der Waals surface area contributed by atoms with E-state index >= 15 is 0 Å². The molecule has 0 bridgehead atoms. The van der Waals surface area contributed by atoms with Gasteiger partial charge >= 0.3 is 0 Å². The summed E-state index contributed by atoms with van der Waals surface area (Å²) < 4.78 is 11.3. The molecule has 3 aromatic rings. The molecule has 0 aliphatic heterocycles. The topological polar surface area (TPSA) is 48.2 Å². The summed E-state index contributed by atoms with van der Waals surface area (Å²) in [4.78, 5) is 9.17. The normalized spacial score (nSPS) is 11.1. The van der Waals surface area contributed by atoms with Crippen LogP contribution in [0, 0.1) is 13.8 Å². The minimum Gasteiger partial charge on any atom is -0.481 e. The lowest BCUT2D eigenvalue weighted by atomic mass is 10.1. The van der Waals surface area contributed by atoms with Gasteiger partial charge in [0.25, 0.3) is 0 Å². The Balaban J connectivity index is 1.85. The van der Waals surface area contributed by atoms with E-state index in [1.54, 1.807) is 7.11 Å². The van der Waals surface area contributed by atoms with Gasteiger partial charge in [-0.25, -0.2) is 9.97 Å². The van der Waals surface area contributed by atoms with Crippen LogP contribution in [-0.2, 0) is 19.3 Å². The lowest BCUT2D eigenvalue weighted by molar-refractivity contribution is 0.390. The smallest absolute Gasteiger partial charge is 0.216 e. The van der Waals surface area contributed by atoms with E-state index in [1.807, 2.05) is 19.1 Å². The van der Waals surface area contributed by atoms with Crippen molar-refractivity contribution in [3.05, 3.63) is 52.5 Å². The second kappa shape index (κ2) is 6.41. The van der Waals surface area contributed by atoms with Gasteiger partial charge in [0, 0.05) is 17.7 Å². The zero-order chi connectivity index (χ0) is 16.4. The number of rotatable bonds is 5. The van der Waals surface area contributed by atoms with Crippen molar-refractivity contribution in [1.82, 2.24) is 9.97 Å². The number of methoxy groups -OCH3 is 1. The fourth-order valence-corrected chi connectivity index (χ4v) is 2.87. The molecule has 2 heterocycles. The molecule has 0 aliphatic rings. The van der Waals surface area contributed by atoms with E-state index in [4.69, 9.17) is 9.15 Å². The molecule has 4 nitrogen and oxygen atoms in total. The Morgan fingerprint density at radius 1 is 1.09 bits per heavy atom. The zero-order valence-electron chi connectivity index (χ0n) is 14.1. The number of oxazole rings is 1. The number of ether oxygens (including phenoxy) is 1. The highest BCUT2D eigenvalue weighted by Gasteiger charge is 2.12. The highest BCUT2D eigenvalue weighted by molar-refractivity contribution is 5.76. The first-order valence-corrected chi connectivity index (χ1v) is 8.00. The van der Waals surface area contributed by atoms with Gasteiger partial charge in [0.15, 0.2) is 11.5 Å². The van der Waals surface area contributed by atoms with Crippen molar-refractivity contribution in [2.24, 2.45) is 0 Å². The van der Waals surface area contributed by atoms with E-state index in [0.717, 1.165) is 53.1 Å². The SMILES string of the molecule is CCc1cc(CCc2nc3c(C)cccc3o2)c(OC)nc1C. The fourth-order valence-electron chi connectivity index (χ4n) is 2.87. The monoisotopic (exact) mass is 310 g/mol. The maximum atomic E-state index is 5.85. The Morgan fingerprint density at radius 3 is 2.61 bits per heavy atom. The third kappa shape index (κ3) is 3.07. The number of nitrogens with zero attached hydrogens (tertiary/aromatic N) is 2. The predicted molar refractivity (Wildman–Crippen MR) is 91.1 cm³/mol.